The minimum Gasteiger partial charge on any atom is -0.480 e. The average molecular weight is 591 g/mol. The Morgan fingerprint density at radius 3 is 2.33 bits per heavy atom. The van der Waals surface area contributed by atoms with Gasteiger partial charge in [0, 0.05) is 49.9 Å². The fourth-order valence-corrected chi connectivity index (χ4v) is 4.60. The highest BCUT2D eigenvalue weighted by atomic mass is 35.5. The van der Waals surface area contributed by atoms with E-state index >= 15 is 0 Å². The molecule has 0 radical (unpaired) electrons. The summed E-state index contributed by atoms with van der Waals surface area (Å²) in [6, 6.07) is 6.01. The zero-order valence-electron chi connectivity index (χ0n) is 22.1. The van der Waals surface area contributed by atoms with Crippen molar-refractivity contribution in [2.24, 2.45) is 5.92 Å². The van der Waals surface area contributed by atoms with Gasteiger partial charge >= 0.3 is 12.1 Å². The summed E-state index contributed by atoms with van der Waals surface area (Å²) in [5.41, 5.74) is 0.111. The number of aliphatic carboxylic acids is 1. The number of rotatable bonds is 11. The van der Waals surface area contributed by atoms with Crippen LogP contribution in [0, 0.1) is 17.6 Å². The van der Waals surface area contributed by atoms with Crippen LogP contribution in [0.5, 0.6) is 0 Å². The van der Waals surface area contributed by atoms with Crippen molar-refractivity contribution in [3.63, 3.8) is 0 Å². The lowest BCUT2D eigenvalue weighted by molar-refractivity contribution is -0.140. The lowest BCUT2D eigenvalue weighted by Gasteiger charge is -2.37. The van der Waals surface area contributed by atoms with Gasteiger partial charge in [0.2, 0.25) is 0 Å². The fourth-order valence-electron chi connectivity index (χ4n) is 4.44. The van der Waals surface area contributed by atoms with Crippen LogP contribution < -0.4 is 15.5 Å². The molecule has 2 aromatic rings. The number of piperazine rings is 1. The van der Waals surface area contributed by atoms with Crippen molar-refractivity contribution in [1.29, 1.82) is 0 Å². The van der Waals surface area contributed by atoms with Gasteiger partial charge in [-0.3, -0.25) is 14.5 Å². The highest BCUT2D eigenvalue weighted by molar-refractivity contribution is 6.31. The van der Waals surface area contributed by atoms with Crippen molar-refractivity contribution in [3.8, 4) is 0 Å². The van der Waals surface area contributed by atoms with Gasteiger partial charge in [-0.25, -0.2) is 8.78 Å². The third-order valence-corrected chi connectivity index (χ3v) is 6.82. The summed E-state index contributed by atoms with van der Waals surface area (Å²) in [5.74, 6) is -4.59. The number of halogens is 6. The number of hydrogen-bond acceptors (Lipinski definition) is 5. The molecule has 0 aromatic heterocycles. The molecule has 1 saturated heterocycles. The average Bonchev–Trinajstić information content (AvgIpc) is 2.88. The van der Waals surface area contributed by atoms with Crippen LogP contribution in [0.2, 0.25) is 5.02 Å². The molecule has 3 N–H and O–H groups in total. The zero-order chi connectivity index (χ0) is 29.6. The molecule has 1 aliphatic heterocycles. The molecule has 220 valence electrons. The second kappa shape index (κ2) is 13.6. The molecule has 7 nitrogen and oxygen atoms in total. The van der Waals surface area contributed by atoms with Gasteiger partial charge in [0.05, 0.1) is 23.4 Å². The Hall–Kier alpha value is -2.96. The molecule has 0 bridgehead atoms. The maximum Gasteiger partial charge on any atom is 0.390 e. The molecule has 40 heavy (non-hydrogen) atoms. The third-order valence-electron chi connectivity index (χ3n) is 6.58. The normalized spacial score (nSPS) is 15.4. The number of nitrogens with zero attached hydrogens (tertiary/aromatic N) is 2. The number of hydrogen-bond donors (Lipinski definition) is 3. The number of carbonyl (C=O) groups is 2. The summed E-state index contributed by atoms with van der Waals surface area (Å²) < 4.78 is 67.4. The molecule has 2 aromatic carbocycles. The first-order valence-electron chi connectivity index (χ1n) is 12.8. The van der Waals surface area contributed by atoms with Crippen LogP contribution in [0.1, 0.15) is 42.6 Å². The first-order chi connectivity index (χ1) is 18.7. The van der Waals surface area contributed by atoms with Crippen LogP contribution in [0.15, 0.2) is 30.3 Å². The van der Waals surface area contributed by atoms with E-state index in [2.05, 4.69) is 10.6 Å². The van der Waals surface area contributed by atoms with E-state index in [1.54, 1.807) is 11.0 Å². The van der Waals surface area contributed by atoms with Crippen molar-refractivity contribution in [2.75, 3.05) is 42.9 Å². The van der Waals surface area contributed by atoms with Crippen molar-refractivity contribution < 1.29 is 36.6 Å². The van der Waals surface area contributed by atoms with Crippen LogP contribution in [-0.4, -0.2) is 66.8 Å². The lowest BCUT2D eigenvalue weighted by atomic mass is 10.0. The molecular weight excluding hydrogens is 559 g/mol. The zero-order valence-corrected chi connectivity index (χ0v) is 22.9. The summed E-state index contributed by atoms with van der Waals surface area (Å²) >= 11 is 6.15. The SMILES string of the molecule is CC(C)C[C@H](NCc1ccc(C(=O)Nc2ccc(Cl)cc2N2CCN(CCC(F)(F)F)CC2)c(F)c1F)C(=O)O. The summed E-state index contributed by atoms with van der Waals surface area (Å²) in [5, 5.41) is 15.0. The number of alkyl halides is 3. The number of anilines is 2. The molecule has 0 spiro atoms. The summed E-state index contributed by atoms with van der Waals surface area (Å²) in [4.78, 5) is 27.9. The number of nitrogens with one attached hydrogen (secondary N) is 2. The van der Waals surface area contributed by atoms with Gasteiger partial charge in [-0.15, -0.1) is 0 Å². The molecule has 1 aliphatic rings. The predicted octanol–water partition coefficient (Wildman–Crippen LogP) is 5.53. The van der Waals surface area contributed by atoms with Crippen molar-refractivity contribution >= 4 is 34.9 Å². The maximum absolute atomic E-state index is 14.9. The largest absolute Gasteiger partial charge is 0.480 e. The van der Waals surface area contributed by atoms with Crippen LogP contribution in [0.3, 0.4) is 0 Å². The second-order valence-electron chi connectivity index (χ2n) is 10.1. The Bertz CT molecular complexity index is 1200. The van der Waals surface area contributed by atoms with Crippen LogP contribution >= 0.6 is 11.6 Å². The Morgan fingerprint density at radius 1 is 1.05 bits per heavy atom. The first-order valence-corrected chi connectivity index (χ1v) is 13.2. The van der Waals surface area contributed by atoms with Gasteiger partial charge in [-0.2, -0.15) is 13.2 Å². The summed E-state index contributed by atoms with van der Waals surface area (Å²) in [6.07, 6.45) is -4.84. The Balaban J connectivity index is 1.70. The smallest absolute Gasteiger partial charge is 0.390 e. The van der Waals surface area contributed by atoms with E-state index < -0.39 is 47.7 Å². The minimum absolute atomic E-state index is 0.0669. The molecule has 1 atom stereocenters. The first kappa shape index (κ1) is 31.6. The van der Waals surface area contributed by atoms with Crippen LogP contribution in [0.25, 0.3) is 0 Å². The van der Waals surface area contributed by atoms with E-state index in [9.17, 15) is 36.6 Å². The highest BCUT2D eigenvalue weighted by Crippen LogP contribution is 2.31. The molecule has 13 heteroatoms. The molecule has 1 amide bonds. The van der Waals surface area contributed by atoms with Gasteiger partial charge < -0.3 is 20.6 Å². The van der Waals surface area contributed by atoms with E-state index in [4.69, 9.17) is 11.6 Å². The van der Waals surface area contributed by atoms with Gasteiger partial charge in [0.15, 0.2) is 11.6 Å². The Kier molecular flexibility index (Phi) is 10.7. The minimum atomic E-state index is -4.24. The predicted molar refractivity (Wildman–Crippen MR) is 143 cm³/mol. The summed E-state index contributed by atoms with van der Waals surface area (Å²) in [7, 11) is 0. The van der Waals surface area contributed by atoms with E-state index in [-0.39, 0.29) is 30.3 Å². The van der Waals surface area contributed by atoms with Gasteiger partial charge in [-0.1, -0.05) is 31.5 Å². The fraction of sp³-hybridized carbons (Fsp3) is 0.481. The van der Waals surface area contributed by atoms with E-state index in [0.29, 0.717) is 43.3 Å². The Labute approximate surface area is 234 Å². The standard InChI is InChI=1S/C27H32ClF5N4O3/c1-16(2)13-21(26(39)40)34-15-17-3-5-19(24(30)23(17)29)25(38)35-20-6-4-18(28)14-22(20)37-11-9-36(10-12-37)8-7-27(31,32)33/h3-6,14,16,21,34H,7-13,15H2,1-2H3,(H,35,38)(H,39,40)/t21-/m0/s1. The van der Waals surface area contributed by atoms with Crippen molar-refractivity contribution in [1.82, 2.24) is 10.2 Å². The number of carboxylic acid groups (broad SMARTS) is 1. The molecule has 0 unspecified atom stereocenters. The van der Waals surface area contributed by atoms with E-state index in [1.807, 2.05) is 18.7 Å². The van der Waals surface area contributed by atoms with Gasteiger partial charge in [-0.05, 0) is 36.6 Å². The lowest BCUT2D eigenvalue weighted by Crippen LogP contribution is -2.47. The third kappa shape index (κ3) is 8.77. The van der Waals surface area contributed by atoms with Crippen molar-refractivity contribution in [2.45, 2.75) is 45.5 Å². The molecular formula is C27H32ClF5N4O3. The second-order valence-corrected chi connectivity index (χ2v) is 10.5. The number of benzene rings is 2. The Morgan fingerprint density at radius 2 is 1.73 bits per heavy atom. The summed E-state index contributed by atoms with van der Waals surface area (Å²) in [6.45, 7) is 4.81. The van der Waals surface area contributed by atoms with Crippen molar-refractivity contribution in [3.05, 3.63) is 58.1 Å². The van der Waals surface area contributed by atoms with Gasteiger partial charge in [0.1, 0.15) is 6.04 Å². The van der Waals surface area contributed by atoms with E-state index in [0.717, 1.165) is 6.07 Å². The monoisotopic (exact) mass is 590 g/mol. The molecule has 0 saturated carbocycles. The topological polar surface area (TPSA) is 84.9 Å². The quantitative estimate of drug-likeness (QED) is 0.298. The van der Waals surface area contributed by atoms with E-state index in [1.165, 1.54) is 18.2 Å². The maximum atomic E-state index is 14.9. The van der Waals surface area contributed by atoms with Crippen LogP contribution in [-0.2, 0) is 11.3 Å². The van der Waals surface area contributed by atoms with Crippen LogP contribution in [0.4, 0.5) is 33.3 Å². The molecule has 3 rings (SSSR count). The number of carbonyl (C=O) groups excluding carboxylic acids is 1. The highest BCUT2D eigenvalue weighted by Gasteiger charge is 2.29. The number of amides is 1. The molecule has 0 aliphatic carbocycles. The molecule has 1 fully saturated rings. The van der Waals surface area contributed by atoms with Gasteiger partial charge in [0.25, 0.3) is 5.91 Å². The number of carboxylic acids is 1. The molecule has 1 heterocycles.